The average molecular weight is 352 g/mol. The molecule has 0 saturated carbocycles. The third-order valence-electron chi connectivity index (χ3n) is 2.87. The maximum Gasteiger partial charge on any atom is 0.339 e. The minimum Gasteiger partial charge on any atom is -0.508 e. The molecule has 0 aliphatic carbocycles. The summed E-state index contributed by atoms with van der Waals surface area (Å²) in [5.74, 6) is -0.517. The van der Waals surface area contributed by atoms with Gasteiger partial charge in [-0.05, 0) is 42.5 Å². The summed E-state index contributed by atoms with van der Waals surface area (Å²) in [4.78, 5) is 24.6. The Bertz CT molecular complexity index is 719. The van der Waals surface area contributed by atoms with E-state index in [0.29, 0.717) is 10.7 Å². The first kappa shape index (κ1) is 17.2. The van der Waals surface area contributed by atoms with E-state index >= 15 is 0 Å². The molecule has 120 valence electrons. The SMILES string of the molecule is COC(=O)c1ccc(Cl)cc1NC(=O)CSc1ccc(O)cc1. The number of amides is 1. The first-order chi connectivity index (χ1) is 11.0. The van der Waals surface area contributed by atoms with Crippen LogP contribution in [0.25, 0.3) is 0 Å². The van der Waals surface area contributed by atoms with Gasteiger partial charge in [-0.3, -0.25) is 4.79 Å². The Morgan fingerprint density at radius 3 is 2.57 bits per heavy atom. The predicted molar refractivity (Wildman–Crippen MR) is 90.3 cm³/mol. The molecule has 1 amide bonds. The molecule has 0 aliphatic rings. The molecule has 0 atom stereocenters. The molecule has 2 aromatic rings. The maximum absolute atomic E-state index is 12.1. The molecule has 2 aromatic carbocycles. The molecular weight excluding hydrogens is 338 g/mol. The summed E-state index contributed by atoms with van der Waals surface area (Å²) in [6.07, 6.45) is 0. The van der Waals surface area contributed by atoms with Crippen LogP contribution in [0, 0.1) is 0 Å². The standard InChI is InChI=1S/C16H14ClNO4S/c1-22-16(21)13-7-2-10(17)8-14(13)18-15(20)9-23-12-5-3-11(19)4-6-12/h2-8,19H,9H2,1H3,(H,18,20). The monoisotopic (exact) mass is 351 g/mol. The van der Waals surface area contributed by atoms with Gasteiger partial charge in [0.05, 0.1) is 24.1 Å². The van der Waals surface area contributed by atoms with Crippen molar-refractivity contribution in [1.82, 2.24) is 0 Å². The number of esters is 1. The molecule has 0 aromatic heterocycles. The van der Waals surface area contributed by atoms with E-state index in [-0.39, 0.29) is 23.0 Å². The number of aromatic hydroxyl groups is 1. The normalized spacial score (nSPS) is 10.2. The van der Waals surface area contributed by atoms with Gasteiger partial charge < -0.3 is 15.2 Å². The molecule has 0 bridgehead atoms. The Labute approximate surface area is 142 Å². The van der Waals surface area contributed by atoms with Crippen molar-refractivity contribution in [3.8, 4) is 5.75 Å². The summed E-state index contributed by atoms with van der Waals surface area (Å²) in [5, 5.41) is 12.3. The van der Waals surface area contributed by atoms with Gasteiger partial charge in [0.25, 0.3) is 0 Å². The highest BCUT2D eigenvalue weighted by Crippen LogP contribution is 2.24. The first-order valence-electron chi connectivity index (χ1n) is 6.59. The van der Waals surface area contributed by atoms with Crippen LogP contribution in [0.15, 0.2) is 47.4 Å². The van der Waals surface area contributed by atoms with Crippen LogP contribution < -0.4 is 5.32 Å². The van der Waals surface area contributed by atoms with E-state index in [2.05, 4.69) is 10.1 Å². The molecule has 0 aliphatic heterocycles. The summed E-state index contributed by atoms with van der Waals surface area (Å²) in [5.41, 5.74) is 0.542. The number of halogens is 1. The van der Waals surface area contributed by atoms with Crippen LogP contribution in [-0.2, 0) is 9.53 Å². The molecule has 0 unspecified atom stereocenters. The van der Waals surface area contributed by atoms with Crippen molar-refractivity contribution in [2.45, 2.75) is 4.90 Å². The average Bonchev–Trinajstić information content (AvgIpc) is 2.54. The van der Waals surface area contributed by atoms with Crippen LogP contribution in [0.3, 0.4) is 0 Å². The van der Waals surface area contributed by atoms with E-state index in [1.807, 2.05) is 0 Å². The number of carbonyl (C=O) groups is 2. The zero-order chi connectivity index (χ0) is 16.8. The predicted octanol–water partition coefficient (Wildman–Crippen LogP) is 3.56. The summed E-state index contributed by atoms with van der Waals surface area (Å²) in [6.45, 7) is 0. The van der Waals surface area contributed by atoms with E-state index in [4.69, 9.17) is 11.6 Å². The number of benzene rings is 2. The lowest BCUT2D eigenvalue weighted by molar-refractivity contribution is -0.113. The number of hydrogen-bond donors (Lipinski definition) is 2. The Balaban J connectivity index is 2.03. The summed E-state index contributed by atoms with van der Waals surface area (Å²) >= 11 is 7.21. The number of rotatable bonds is 5. The molecule has 2 N–H and O–H groups in total. The maximum atomic E-state index is 12.1. The topological polar surface area (TPSA) is 75.6 Å². The van der Waals surface area contributed by atoms with Crippen molar-refractivity contribution in [2.75, 3.05) is 18.2 Å². The number of ether oxygens (including phenoxy) is 1. The molecule has 5 nitrogen and oxygen atoms in total. The Hall–Kier alpha value is -2.18. The van der Waals surface area contributed by atoms with E-state index in [0.717, 1.165) is 4.90 Å². The van der Waals surface area contributed by atoms with Crippen molar-refractivity contribution < 1.29 is 19.4 Å². The van der Waals surface area contributed by atoms with Crippen LogP contribution >= 0.6 is 23.4 Å². The van der Waals surface area contributed by atoms with Crippen molar-refractivity contribution in [3.05, 3.63) is 53.1 Å². The molecule has 0 fully saturated rings. The van der Waals surface area contributed by atoms with Gasteiger partial charge in [-0.25, -0.2) is 4.79 Å². The molecular formula is C16H14ClNO4S. The second-order valence-corrected chi connectivity index (χ2v) is 6.00. The lowest BCUT2D eigenvalue weighted by atomic mass is 10.2. The van der Waals surface area contributed by atoms with Gasteiger partial charge in [0.1, 0.15) is 5.75 Å². The largest absolute Gasteiger partial charge is 0.508 e. The van der Waals surface area contributed by atoms with E-state index in [1.165, 1.54) is 31.0 Å². The molecule has 0 heterocycles. The highest BCUT2D eigenvalue weighted by atomic mass is 35.5. The van der Waals surface area contributed by atoms with E-state index in [1.54, 1.807) is 30.3 Å². The summed E-state index contributed by atoms with van der Waals surface area (Å²) in [7, 11) is 1.27. The number of thioether (sulfide) groups is 1. The quantitative estimate of drug-likeness (QED) is 0.636. The Morgan fingerprint density at radius 2 is 1.91 bits per heavy atom. The number of methoxy groups -OCH3 is 1. The minimum absolute atomic E-state index is 0.151. The number of hydrogen-bond acceptors (Lipinski definition) is 5. The second kappa shape index (κ2) is 7.89. The minimum atomic E-state index is -0.553. The van der Waals surface area contributed by atoms with E-state index in [9.17, 15) is 14.7 Å². The lowest BCUT2D eigenvalue weighted by Gasteiger charge is -2.10. The zero-order valence-electron chi connectivity index (χ0n) is 12.2. The van der Waals surface area contributed by atoms with Crippen LogP contribution in [0.2, 0.25) is 5.02 Å². The van der Waals surface area contributed by atoms with Crippen LogP contribution in [-0.4, -0.2) is 29.8 Å². The van der Waals surface area contributed by atoms with Gasteiger partial charge in [-0.1, -0.05) is 11.6 Å². The second-order valence-electron chi connectivity index (χ2n) is 4.51. The smallest absolute Gasteiger partial charge is 0.339 e. The molecule has 0 saturated heterocycles. The van der Waals surface area contributed by atoms with Gasteiger partial charge >= 0.3 is 5.97 Å². The fourth-order valence-electron chi connectivity index (χ4n) is 1.79. The highest BCUT2D eigenvalue weighted by Gasteiger charge is 2.14. The van der Waals surface area contributed by atoms with Gasteiger partial charge in [-0.15, -0.1) is 11.8 Å². The Kier molecular flexibility index (Phi) is 5.90. The third kappa shape index (κ3) is 4.91. The Morgan fingerprint density at radius 1 is 1.22 bits per heavy atom. The van der Waals surface area contributed by atoms with Crippen molar-refractivity contribution >= 4 is 40.9 Å². The van der Waals surface area contributed by atoms with Crippen LogP contribution in [0.1, 0.15) is 10.4 Å². The summed E-state index contributed by atoms with van der Waals surface area (Å²) in [6, 6.07) is 11.1. The molecule has 0 radical (unpaired) electrons. The number of phenols is 1. The lowest BCUT2D eigenvalue weighted by Crippen LogP contribution is -2.17. The van der Waals surface area contributed by atoms with Gasteiger partial charge in [0.15, 0.2) is 0 Å². The number of phenolic OH excluding ortho intramolecular Hbond substituents is 1. The van der Waals surface area contributed by atoms with Gasteiger partial charge in [-0.2, -0.15) is 0 Å². The van der Waals surface area contributed by atoms with E-state index < -0.39 is 5.97 Å². The van der Waals surface area contributed by atoms with Crippen molar-refractivity contribution in [3.63, 3.8) is 0 Å². The summed E-state index contributed by atoms with van der Waals surface area (Å²) < 4.78 is 4.68. The number of anilines is 1. The third-order valence-corrected chi connectivity index (χ3v) is 4.11. The van der Waals surface area contributed by atoms with Crippen LogP contribution in [0.5, 0.6) is 5.75 Å². The van der Waals surface area contributed by atoms with Gasteiger partial charge in [0, 0.05) is 9.92 Å². The molecule has 2 rings (SSSR count). The first-order valence-corrected chi connectivity index (χ1v) is 7.95. The van der Waals surface area contributed by atoms with Crippen molar-refractivity contribution in [2.24, 2.45) is 0 Å². The van der Waals surface area contributed by atoms with Crippen molar-refractivity contribution in [1.29, 1.82) is 0 Å². The number of carbonyl (C=O) groups excluding carboxylic acids is 2. The fraction of sp³-hybridized carbons (Fsp3) is 0.125. The van der Waals surface area contributed by atoms with Crippen LogP contribution in [0.4, 0.5) is 5.69 Å². The molecule has 23 heavy (non-hydrogen) atoms. The highest BCUT2D eigenvalue weighted by molar-refractivity contribution is 8.00. The number of nitrogens with one attached hydrogen (secondary N) is 1. The van der Waals surface area contributed by atoms with Gasteiger partial charge in [0.2, 0.25) is 5.91 Å². The molecule has 7 heteroatoms. The fourth-order valence-corrected chi connectivity index (χ4v) is 2.66. The molecule has 0 spiro atoms. The zero-order valence-corrected chi connectivity index (χ0v) is 13.8.